The Bertz CT molecular complexity index is 986. The van der Waals surface area contributed by atoms with Crippen molar-refractivity contribution in [2.75, 3.05) is 20.8 Å². The number of aliphatic hydroxyl groups excluding tert-OH is 1. The summed E-state index contributed by atoms with van der Waals surface area (Å²) in [6.45, 7) is 0.571. The fraction of sp³-hybridized carbons (Fsp3) is 0.364. The molecule has 3 aromatic carbocycles. The van der Waals surface area contributed by atoms with Crippen LogP contribution in [0.25, 0.3) is 21.5 Å². The number of benzene rings is 3. The van der Waals surface area contributed by atoms with Gasteiger partial charge in [0.1, 0.15) is 6.23 Å². The van der Waals surface area contributed by atoms with Gasteiger partial charge in [0.25, 0.3) is 0 Å². The quantitative estimate of drug-likeness (QED) is 0.715. The van der Waals surface area contributed by atoms with Crippen LogP contribution in [0.2, 0.25) is 0 Å². The summed E-state index contributed by atoms with van der Waals surface area (Å²) >= 11 is 0. The van der Waals surface area contributed by atoms with E-state index in [0.717, 1.165) is 17.4 Å². The van der Waals surface area contributed by atoms with Crippen LogP contribution in [0.3, 0.4) is 0 Å². The van der Waals surface area contributed by atoms with Crippen LogP contribution in [0, 0.1) is 0 Å². The lowest BCUT2D eigenvalue weighted by molar-refractivity contribution is -0.0977. The summed E-state index contributed by atoms with van der Waals surface area (Å²) in [7, 11) is 3.45. The molecule has 0 aromatic heterocycles. The van der Waals surface area contributed by atoms with E-state index < -0.39 is 6.10 Å². The lowest BCUT2D eigenvalue weighted by Gasteiger charge is -2.38. The van der Waals surface area contributed by atoms with Gasteiger partial charge in [-0.25, -0.2) is 0 Å². The Morgan fingerprint density at radius 2 is 1.73 bits per heavy atom. The minimum Gasteiger partial charge on any atom is -0.387 e. The van der Waals surface area contributed by atoms with Crippen LogP contribution in [0.5, 0.6) is 0 Å². The second-order valence-electron chi connectivity index (χ2n) is 7.31. The van der Waals surface area contributed by atoms with Crippen molar-refractivity contribution in [3.63, 3.8) is 0 Å². The third-order valence-corrected chi connectivity index (χ3v) is 6.12. The third-order valence-electron chi connectivity index (χ3n) is 6.12. The molecule has 4 heteroatoms. The van der Waals surface area contributed by atoms with Crippen molar-refractivity contribution in [2.24, 2.45) is 0 Å². The molecule has 0 bridgehead atoms. The van der Waals surface area contributed by atoms with Crippen LogP contribution in [-0.2, 0) is 9.47 Å². The normalized spacial score (nSPS) is 28.4. The molecule has 4 nitrogen and oxygen atoms in total. The highest BCUT2D eigenvalue weighted by Gasteiger charge is 2.47. The molecular formula is C22H23NO3. The second-order valence-corrected chi connectivity index (χ2v) is 7.31. The predicted octanol–water partition coefficient (Wildman–Crippen LogP) is 3.77. The van der Waals surface area contributed by atoms with Gasteiger partial charge in [0.15, 0.2) is 0 Å². The maximum absolute atomic E-state index is 11.0. The van der Waals surface area contributed by atoms with E-state index in [1.807, 2.05) is 0 Å². The van der Waals surface area contributed by atoms with Gasteiger partial charge < -0.3 is 14.6 Å². The average molecular weight is 349 g/mol. The fourth-order valence-electron chi connectivity index (χ4n) is 4.98. The molecule has 5 rings (SSSR count). The van der Waals surface area contributed by atoms with E-state index >= 15 is 0 Å². The van der Waals surface area contributed by atoms with E-state index in [2.05, 4.69) is 53.4 Å². The molecule has 2 aliphatic rings. The number of ether oxygens (including phenoxy) is 2. The molecule has 2 heterocycles. The van der Waals surface area contributed by atoms with Crippen LogP contribution in [0.15, 0.2) is 48.5 Å². The summed E-state index contributed by atoms with van der Waals surface area (Å²) in [4.78, 5) is 2.24. The van der Waals surface area contributed by atoms with Crippen molar-refractivity contribution in [1.82, 2.24) is 4.90 Å². The summed E-state index contributed by atoms with van der Waals surface area (Å²) in [5.41, 5.74) is 2.27. The second kappa shape index (κ2) is 6.03. The van der Waals surface area contributed by atoms with Crippen molar-refractivity contribution in [2.45, 2.75) is 30.9 Å². The number of nitrogens with zero attached hydrogens (tertiary/aromatic N) is 1. The summed E-state index contributed by atoms with van der Waals surface area (Å²) in [5, 5.41) is 15.8. The topological polar surface area (TPSA) is 41.9 Å². The van der Waals surface area contributed by atoms with E-state index in [4.69, 9.17) is 9.47 Å². The zero-order valence-corrected chi connectivity index (χ0v) is 15.1. The van der Waals surface area contributed by atoms with Gasteiger partial charge >= 0.3 is 0 Å². The molecule has 134 valence electrons. The molecule has 0 aliphatic carbocycles. The highest BCUT2D eigenvalue weighted by molar-refractivity contribution is 6.08. The SMILES string of the molecule is COC1CC2c3ccc4c(ccc5ccccc54)c3C(O)CN2C1OC. The highest BCUT2D eigenvalue weighted by atomic mass is 16.5. The predicted molar refractivity (Wildman–Crippen MR) is 102 cm³/mol. The number of methoxy groups -OCH3 is 2. The Labute approximate surface area is 152 Å². The largest absolute Gasteiger partial charge is 0.387 e. The van der Waals surface area contributed by atoms with Gasteiger partial charge in [-0.05, 0) is 39.1 Å². The van der Waals surface area contributed by atoms with Crippen molar-refractivity contribution in [3.8, 4) is 0 Å². The number of hydrogen-bond donors (Lipinski definition) is 1. The molecule has 3 aromatic rings. The number of fused-ring (bicyclic) bond motifs is 7. The zero-order valence-electron chi connectivity index (χ0n) is 15.1. The Balaban J connectivity index is 1.72. The average Bonchev–Trinajstić information content (AvgIpc) is 3.04. The zero-order chi connectivity index (χ0) is 17.8. The first-order valence-corrected chi connectivity index (χ1v) is 9.16. The van der Waals surface area contributed by atoms with Crippen LogP contribution < -0.4 is 0 Å². The van der Waals surface area contributed by atoms with E-state index in [9.17, 15) is 5.11 Å². The number of aliphatic hydroxyl groups is 1. The van der Waals surface area contributed by atoms with Gasteiger partial charge in [0.2, 0.25) is 0 Å². The maximum Gasteiger partial charge on any atom is 0.137 e. The first-order valence-electron chi connectivity index (χ1n) is 9.16. The van der Waals surface area contributed by atoms with Crippen molar-refractivity contribution >= 4 is 21.5 Å². The molecule has 0 amide bonds. The summed E-state index contributed by atoms with van der Waals surface area (Å²) in [6.07, 6.45) is 0.267. The van der Waals surface area contributed by atoms with Crippen molar-refractivity contribution in [3.05, 3.63) is 59.7 Å². The third kappa shape index (κ3) is 2.17. The lowest BCUT2D eigenvalue weighted by atomic mass is 9.85. The minimum absolute atomic E-state index is 0.0236. The Hall–Kier alpha value is -1.98. The monoisotopic (exact) mass is 349 g/mol. The lowest BCUT2D eigenvalue weighted by Crippen LogP contribution is -2.43. The minimum atomic E-state index is -0.528. The highest BCUT2D eigenvalue weighted by Crippen LogP contribution is 2.47. The van der Waals surface area contributed by atoms with Gasteiger partial charge in [-0.1, -0.05) is 48.5 Å². The summed E-state index contributed by atoms with van der Waals surface area (Å²) in [5.74, 6) is 0. The van der Waals surface area contributed by atoms with Gasteiger partial charge in [-0.15, -0.1) is 0 Å². The van der Waals surface area contributed by atoms with Crippen LogP contribution in [-0.4, -0.2) is 43.1 Å². The van der Waals surface area contributed by atoms with Crippen molar-refractivity contribution in [1.29, 1.82) is 0 Å². The number of rotatable bonds is 2. The molecular weight excluding hydrogens is 326 g/mol. The standard InChI is InChI=1S/C22H23NO3/c1-25-20-11-18-17-10-9-15-14-6-4-3-5-13(14)7-8-16(15)21(17)19(24)12-23(18)22(20)26-2/h3-10,18-20,22,24H,11-12H2,1-2H3. The molecule has 0 saturated carbocycles. The van der Waals surface area contributed by atoms with E-state index in [-0.39, 0.29) is 18.4 Å². The first-order chi connectivity index (χ1) is 12.7. The fourth-order valence-corrected chi connectivity index (χ4v) is 4.98. The molecule has 2 aliphatic heterocycles. The molecule has 0 radical (unpaired) electrons. The van der Waals surface area contributed by atoms with E-state index in [1.54, 1.807) is 14.2 Å². The molecule has 26 heavy (non-hydrogen) atoms. The molecule has 1 saturated heterocycles. The maximum atomic E-state index is 11.0. The first kappa shape index (κ1) is 16.2. The van der Waals surface area contributed by atoms with Crippen LogP contribution in [0.1, 0.15) is 29.7 Å². The van der Waals surface area contributed by atoms with Crippen LogP contribution in [0.4, 0.5) is 0 Å². The van der Waals surface area contributed by atoms with E-state index in [0.29, 0.717) is 6.54 Å². The summed E-state index contributed by atoms with van der Waals surface area (Å²) in [6, 6.07) is 17.4. The molecule has 0 spiro atoms. The molecule has 1 N–H and O–H groups in total. The Morgan fingerprint density at radius 1 is 0.923 bits per heavy atom. The smallest absolute Gasteiger partial charge is 0.137 e. The van der Waals surface area contributed by atoms with Gasteiger partial charge in [-0.3, -0.25) is 4.90 Å². The summed E-state index contributed by atoms with van der Waals surface area (Å²) < 4.78 is 11.3. The van der Waals surface area contributed by atoms with Gasteiger partial charge in [0.05, 0.1) is 12.2 Å². The molecule has 1 fully saturated rings. The van der Waals surface area contributed by atoms with Gasteiger partial charge in [0, 0.05) is 26.8 Å². The Kier molecular flexibility index (Phi) is 3.76. The van der Waals surface area contributed by atoms with Crippen molar-refractivity contribution < 1.29 is 14.6 Å². The molecule has 4 atom stereocenters. The van der Waals surface area contributed by atoms with E-state index in [1.165, 1.54) is 21.7 Å². The van der Waals surface area contributed by atoms with Gasteiger partial charge in [-0.2, -0.15) is 0 Å². The molecule has 4 unspecified atom stereocenters. The van der Waals surface area contributed by atoms with Crippen LogP contribution >= 0.6 is 0 Å². The number of hydrogen-bond acceptors (Lipinski definition) is 4. The Morgan fingerprint density at radius 3 is 2.54 bits per heavy atom.